The van der Waals surface area contributed by atoms with Gasteiger partial charge in [0.2, 0.25) is 3.79 Å². The highest BCUT2D eigenvalue weighted by atomic mass is 35.6. The number of carbonyl (C=O) groups is 1. The number of nitrogens with zero attached hydrogens (tertiary/aromatic N) is 1. The largest absolute Gasteiger partial charge is 0.332 e. The van der Waals surface area contributed by atoms with Crippen LogP contribution >= 0.6 is 34.8 Å². The lowest BCUT2D eigenvalue weighted by Crippen LogP contribution is -2.56. The smallest absolute Gasteiger partial charge is 0.252 e. The Hall–Kier alpha value is -0.480. The lowest BCUT2D eigenvalue weighted by Gasteiger charge is -2.38. The molecule has 1 aliphatic heterocycles. The molecule has 21 heavy (non-hydrogen) atoms. The molecule has 0 spiro atoms. The van der Waals surface area contributed by atoms with Gasteiger partial charge in [0.05, 0.1) is 0 Å². The predicted molar refractivity (Wildman–Crippen MR) is 88.1 cm³/mol. The molecule has 1 aromatic carbocycles. The maximum Gasteiger partial charge on any atom is 0.252 e. The molecule has 1 amide bonds. The first-order valence-electron chi connectivity index (χ1n) is 7.06. The Kier molecular flexibility index (Phi) is 5.78. The Morgan fingerprint density at radius 1 is 1.24 bits per heavy atom. The van der Waals surface area contributed by atoms with Gasteiger partial charge in [-0.2, -0.15) is 0 Å². The highest BCUT2D eigenvalue weighted by molar-refractivity contribution is 6.68. The van der Waals surface area contributed by atoms with Crippen molar-refractivity contribution in [3.05, 3.63) is 35.4 Å². The molecule has 0 radical (unpaired) electrons. The Bertz CT molecular complexity index is 496. The topological polar surface area (TPSA) is 32.3 Å². The van der Waals surface area contributed by atoms with Crippen LogP contribution in [0.15, 0.2) is 24.3 Å². The van der Waals surface area contributed by atoms with Gasteiger partial charge >= 0.3 is 0 Å². The average molecular weight is 350 g/mol. The van der Waals surface area contributed by atoms with Gasteiger partial charge in [0.25, 0.3) is 5.91 Å². The Labute approximate surface area is 140 Å². The number of benzene rings is 1. The zero-order chi connectivity index (χ0) is 15.5. The number of amides is 1. The van der Waals surface area contributed by atoms with Crippen molar-refractivity contribution in [1.82, 2.24) is 10.2 Å². The van der Waals surface area contributed by atoms with Crippen LogP contribution in [0.25, 0.3) is 0 Å². The summed E-state index contributed by atoms with van der Waals surface area (Å²) in [6, 6.07) is 7.36. The van der Waals surface area contributed by atoms with E-state index in [-0.39, 0.29) is 5.91 Å². The van der Waals surface area contributed by atoms with Crippen LogP contribution in [0.3, 0.4) is 0 Å². The number of halogens is 3. The summed E-state index contributed by atoms with van der Waals surface area (Å²) in [7, 11) is 0. The van der Waals surface area contributed by atoms with E-state index in [0.717, 1.165) is 31.5 Å². The number of hydrogen-bond donors (Lipinski definition) is 1. The van der Waals surface area contributed by atoms with Crippen molar-refractivity contribution in [2.24, 2.45) is 0 Å². The van der Waals surface area contributed by atoms with Gasteiger partial charge in [-0.05, 0) is 31.9 Å². The molecular formula is C15H19Cl3N2O. The summed E-state index contributed by atoms with van der Waals surface area (Å²) in [5.74, 6) is -0.222. The maximum atomic E-state index is 12.4. The highest BCUT2D eigenvalue weighted by Gasteiger charge is 2.38. The number of alkyl halides is 3. The number of carbonyl (C=O) groups excluding carboxylic acids is 1. The van der Waals surface area contributed by atoms with Crippen molar-refractivity contribution in [2.75, 3.05) is 13.1 Å². The van der Waals surface area contributed by atoms with Crippen LogP contribution in [0.5, 0.6) is 0 Å². The van der Waals surface area contributed by atoms with Gasteiger partial charge < -0.3 is 5.32 Å². The first kappa shape index (κ1) is 16.9. The van der Waals surface area contributed by atoms with Gasteiger partial charge in [0.1, 0.15) is 6.17 Å². The monoisotopic (exact) mass is 348 g/mol. The number of likely N-dealkylation sites (tertiary alicyclic amines) is 1. The van der Waals surface area contributed by atoms with Gasteiger partial charge in [-0.3, -0.25) is 9.69 Å². The summed E-state index contributed by atoms with van der Waals surface area (Å²) in [4.78, 5) is 14.4. The lowest BCUT2D eigenvalue weighted by atomic mass is 10.1. The molecule has 116 valence electrons. The molecule has 1 atom stereocenters. The van der Waals surface area contributed by atoms with Gasteiger partial charge in [0, 0.05) is 18.7 Å². The Morgan fingerprint density at radius 3 is 2.48 bits per heavy atom. The van der Waals surface area contributed by atoms with E-state index in [2.05, 4.69) is 5.32 Å². The molecular weight excluding hydrogens is 331 g/mol. The van der Waals surface area contributed by atoms with E-state index in [1.54, 1.807) is 6.07 Å². The summed E-state index contributed by atoms with van der Waals surface area (Å²) in [6.45, 7) is 3.59. The van der Waals surface area contributed by atoms with Crippen molar-refractivity contribution in [3.63, 3.8) is 0 Å². The van der Waals surface area contributed by atoms with Crippen molar-refractivity contribution in [1.29, 1.82) is 0 Å². The molecule has 1 unspecified atom stereocenters. The number of nitrogens with one attached hydrogen (secondary N) is 1. The quantitative estimate of drug-likeness (QED) is 0.839. The normalized spacial score (nSPS) is 18.3. The van der Waals surface area contributed by atoms with E-state index in [0.29, 0.717) is 5.56 Å². The molecule has 1 aromatic rings. The fourth-order valence-corrected chi connectivity index (χ4v) is 3.13. The maximum absolute atomic E-state index is 12.4. The van der Waals surface area contributed by atoms with Crippen molar-refractivity contribution in [2.45, 2.75) is 36.1 Å². The van der Waals surface area contributed by atoms with E-state index in [1.807, 2.05) is 30.0 Å². The minimum Gasteiger partial charge on any atom is -0.332 e. The second-order valence-electron chi connectivity index (χ2n) is 5.38. The first-order chi connectivity index (χ1) is 9.88. The second kappa shape index (κ2) is 7.19. The van der Waals surface area contributed by atoms with E-state index in [9.17, 15) is 4.79 Å². The number of hydrogen-bond acceptors (Lipinski definition) is 2. The minimum absolute atomic E-state index is 0.222. The van der Waals surface area contributed by atoms with Crippen molar-refractivity contribution >= 4 is 40.7 Å². The first-order valence-corrected chi connectivity index (χ1v) is 8.19. The lowest BCUT2D eigenvalue weighted by molar-refractivity contribution is 0.0819. The molecule has 1 saturated heterocycles. The van der Waals surface area contributed by atoms with Crippen molar-refractivity contribution < 1.29 is 4.79 Å². The Morgan fingerprint density at radius 2 is 1.90 bits per heavy atom. The number of piperidine rings is 1. The van der Waals surface area contributed by atoms with Gasteiger partial charge in [-0.15, -0.1) is 0 Å². The Balaban J connectivity index is 2.13. The zero-order valence-corrected chi connectivity index (χ0v) is 14.2. The molecule has 2 rings (SSSR count). The summed E-state index contributed by atoms with van der Waals surface area (Å²) in [5, 5.41) is 2.86. The standard InChI is InChI=1S/C15H19Cl3N2O/c1-11-6-5-7-12(10-11)13(21)19-14(15(16,17)18)20-8-3-2-4-9-20/h5-7,10,14H,2-4,8-9H2,1H3,(H,19,21). The number of rotatable bonds is 3. The van der Waals surface area contributed by atoms with E-state index in [1.165, 1.54) is 6.42 Å². The molecule has 0 bridgehead atoms. The zero-order valence-electron chi connectivity index (χ0n) is 11.9. The van der Waals surface area contributed by atoms with Crippen LogP contribution in [0.4, 0.5) is 0 Å². The third kappa shape index (κ3) is 4.75. The summed E-state index contributed by atoms with van der Waals surface area (Å²) in [5.41, 5.74) is 1.59. The third-order valence-corrected chi connectivity index (χ3v) is 4.23. The van der Waals surface area contributed by atoms with Crippen LogP contribution in [0.1, 0.15) is 35.2 Å². The molecule has 1 N–H and O–H groups in total. The molecule has 6 heteroatoms. The van der Waals surface area contributed by atoms with Crippen LogP contribution in [0, 0.1) is 6.92 Å². The fraction of sp³-hybridized carbons (Fsp3) is 0.533. The molecule has 1 fully saturated rings. The molecule has 0 aromatic heterocycles. The highest BCUT2D eigenvalue weighted by Crippen LogP contribution is 2.33. The SMILES string of the molecule is Cc1cccc(C(=O)NC(N2CCCCC2)C(Cl)(Cl)Cl)c1. The molecule has 1 heterocycles. The van der Waals surface area contributed by atoms with Crippen LogP contribution in [0.2, 0.25) is 0 Å². The second-order valence-corrected chi connectivity index (χ2v) is 7.75. The summed E-state index contributed by atoms with van der Waals surface area (Å²) < 4.78 is -1.56. The van der Waals surface area contributed by atoms with E-state index in [4.69, 9.17) is 34.8 Å². The van der Waals surface area contributed by atoms with Crippen LogP contribution < -0.4 is 5.32 Å². The third-order valence-electron chi connectivity index (χ3n) is 3.61. The van der Waals surface area contributed by atoms with E-state index < -0.39 is 9.96 Å². The molecule has 1 aliphatic rings. The fourth-order valence-electron chi connectivity index (χ4n) is 2.55. The van der Waals surface area contributed by atoms with Crippen LogP contribution in [-0.4, -0.2) is 33.9 Å². The predicted octanol–water partition coefficient (Wildman–Crippen LogP) is 3.91. The van der Waals surface area contributed by atoms with Crippen LogP contribution in [-0.2, 0) is 0 Å². The number of aryl methyl sites for hydroxylation is 1. The van der Waals surface area contributed by atoms with Gasteiger partial charge in [-0.25, -0.2) is 0 Å². The van der Waals surface area contributed by atoms with Gasteiger partial charge in [0.15, 0.2) is 0 Å². The summed E-state index contributed by atoms with van der Waals surface area (Å²) >= 11 is 18.2. The van der Waals surface area contributed by atoms with E-state index >= 15 is 0 Å². The van der Waals surface area contributed by atoms with Crippen molar-refractivity contribution in [3.8, 4) is 0 Å². The average Bonchev–Trinajstić information content (AvgIpc) is 2.44. The summed E-state index contributed by atoms with van der Waals surface area (Å²) in [6.07, 6.45) is 2.67. The molecule has 0 aliphatic carbocycles. The van der Waals surface area contributed by atoms with Gasteiger partial charge in [-0.1, -0.05) is 58.9 Å². The minimum atomic E-state index is -1.56. The molecule has 0 saturated carbocycles. The molecule has 3 nitrogen and oxygen atoms in total.